The summed E-state index contributed by atoms with van der Waals surface area (Å²) in [5.74, 6) is 1.34. The Morgan fingerprint density at radius 2 is 0.922 bits per heavy atom. The van der Waals surface area contributed by atoms with E-state index in [9.17, 15) is 0 Å². The summed E-state index contributed by atoms with van der Waals surface area (Å²) in [5.41, 5.74) is 9.18. The Kier molecular flexibility index (Phi) is 8.79. The van der Waals surface area contributed by atoms with Crippen molar-refractivity contribution in [3.8, 4) is 33.6 Å². The van der Waals surface area contributed by atoms with Gasteiger partial charge in [-0.25, -0.2) is 15.0 Å². The van der Waals surface area contributed by atoms with Crippen molar-refractivity contribution in [1.29, 1.82) is 0 Å². The summed E-state index contributed by atoms with van der Waals surface area (Å²) in [6.45, 7) is 0. The van der Waals surface area contributed by atoms with Crippen molar-refractivity contribution < 1.29 is 21.1 Å². The standard InChI is InChI=1S/C45H29N5.Pt/c1-5-15-32(16-6-1)43-34-19-14-26-39(30-34)50(37-23-11-4-12-24-37)45-46-31-41(48-45)44(33-17-7-2-8-18-33)35-20-13-25-38(29-35)49(36-21-9-3-10-22-36)42-28-27-40(43)47-42;/h1-28,31H;/q-2;+2. The first-order chi connectivity index (χ1) is 24.8. The van der Waals surface area contributed by atoms with E-state index in [0.717, 1.165) is 72.6 Å². The Bertz CT molecular complexity index is 2270. The molecule has 8 bridgehead atoms. The predicted molar refractivity (Wildman–Crippen MR) is 204 cm³/mol. The molecule has 0 radical (unpaired) electrons. The molecule has 0 aliphatic carbocycles. The molecular weight excluding hydrogens is 806 g/mol. The third kappa shape index (κ3) is 6.14. The van der Waals surface area contributed by atoms with E-state index in [1.165, 1.54) is 0 Å². The van der Waals surface area contributed by atoms with Crippen LogP contribution in [0.3, 0.4) is 0 Å². The number of aliphatic imine (C=N–C) groups is 1. The molecule has 6 aromatic carbocycles. The van der Waals surface area contributed by atoms with Crippen LogP contribution in [0.2, 0.25) is 0 Å². The van der Waals surface area contributed by atoms with Crippen LogP contribution in [0.15, 0.2) is 163 Å². The van der Waals surface area contributed by atoms with E-state index in [-0.39, 0.29) is 21.1 Å². The first-order valence-electron chi connectivity index (χ1n) is 16.5. The molecule has 0 amide bonds. The van der Waals surface area contributed by atoms with Crippen molar-refractivity contribution in [3.63, 3.8) is 0 Å². The molecule has 244 valence electrons. The van der Waals surface area contributed by atoms with Gasteiger partial charge in [0.05, 0.1) is 5.69 Å². The van der Waals surface area contributed by atoms with Gasteiger partial charge in [0.1, 0.15) is 5.82 Å². The molecule has 1 aromatic heterocycles. The Morgan fingerprint density at radius 1 is 0.431 bits per heavy atom. The van der Waals surface area contributed by atoms with Crippen molar-refractivity contribution in [1.82, 2.24) is 19.1 Å². The van der Waals surface area contributed by atoms with Gasteiger partial charge in [0.15, 0.2) is 0 Å². The van der Waals surface area contributed by atoms with E-state index in [0.29, 0.717) is 5.95 Å². The van der Waals surface area contributed by atoms with Gasteiger partial charge < -0.3 is 4.57 Å². The summed E-state index contributed by atoms with van der Waals surface area (Å²) in [4.78, 5) is 15.5. The second kappa shape index (κ2) is 14.0. The largest absolute Gasteiger partial charge is 2.00 e. The molecule has 0 spiro atoms. The Labute approximate surface area is 310 Å². The molecule has 51 heavy (non-hydrogen) atoms. The molecule has 0 atom stereocenters. The van der Waals surface area contributed by atoms with Crippen LogP contribution >= 0.6 is 0 Å². The fourth-order valence-corrected chi connectivity index (χ4v) is 6.60. The molecule has 0 N–H and O–H groups in total. The normalized spacial score (nSPS) is 11.6. The number of fused-ring (bicyclic) bond motifs is 8. The zero-order chi connectivity index (χ0) is 33.3. The molecule has 7 aromatic rings. The number of aromatic nitrogens is 4. The molecule has 3 heterocycles. The van der Waals surface area contributed by atoms with Gasteiger partial charge in [0.2, 0.25) is 5.95 Å². The molecule has 0 fully saturated rings. The van der Waals surface area contributed by atoms with Crippen LogP contribution in [0, 0.1) is 12.1 Å². The number of hydrogen-bond donors (Lipinski definition) is 0. The molecule has 0 saturated carbocycles. The topological polar surface area (TPSA) is 48.0 Å². The second-order valence-corrected chi connectivity index (χ2v) is 12.0. The van der Waals surface area contributed by atoms with Gasteiger partial charge in [-0.1, -0.05) is 119 Å². The summed E-state index contributed by atoms with van der Waals surface area (Å²) < 4.78 is 4.22. The maximum absolute atomic E-state index is 5.33. The van der Waals surface area contributed by atoms with Gasteiger partial charge in [-0.05, 0) is 47.5 Å². The minimum Gasteiger partial charge on any atom is -0.313 e. The number of hydrogen-bond acceptors (Lipinski definition) is 3. The van der Waals surface area contributed by atoms with Gasteiger partial charge in [-0.2, -0.15) is 0 Å². The maximum atomic E-state index is 5.33. The van der Waals surface area contributed by atoms with Crippen LogP contribution < -0.4 is 0 Å². The third-order valence-corrected chi connectivity index (χ3v) is 8.82. The number of rotatable bonds is 4. The fourth-order valence-electron chi connectivity index (χ4n) is 6.60. The van der Waals surface area contributed by atoms with E-state index in [2.05, 4.69) is 130 Å². The Morgan fingerprint density at radius 3 is 1.49 bits per heavy atom. The van der Waals surface area contributed by atoms with Crippen LogP contribution in [-0.2, 0) is 21.1 Å². The van der Waals surface area contributed by atoms with Crippen molar-refractivity contribution in [2.45, 2.75) is 0 Å². The SMILES string of the molecule is [Pt+2].[c-]1c2cccc1n(-c1ccccc1)c1nc(c(-c3ccccc3)c3[c-]c(ccc3)n(-c3ccccc3)c3nc(c2-c2ccccc2)C=N3)C=C1. The average molecular weight is 835 g/mol. The summed E-state index contributed by atoms with van der Waals surface area (Å²) in [6, 6.07) is 61.2. The zero-order valence-corrected chi connectivity index (χ0v) is 29.6. The average Bonchev–Trinajstić information content (AvgIpc) is 3.85. The summed E-state index contributed by atoms with van der Waals surface area (Å²) in [6.07, 6.45) is 6.04. The van der Waals surface area contributed by atoms with Gasteiger partial charge in [-0.3, -0.25) is 4.57 Å². The van der Waals surface area contributed by atoms with Crippen molar-refractivity contribution in [3.05, 3.63) is 187 Å². The molecule has 5 nitrogen and oxygen atoms in total. The quantitative estimate of drug-likeness (QED) is 0.166. The zero-order valence-electron chi connectivity index (χ0n) is 27.3. The predicted octanol–water partition coefficient (Wildman–Crippen LogP) is 10.7. The van der Waals surface area contributed by atoms with Gasteiger partial charge in [0.25, 0.3) is 0 Å². The first kappa shape index (κ1) is 32.1. The summed E-state index contributed by atoms with van der Waals surface area (Å²) >= 11 is 0. The minimum absolute atomic E-state index is 0. The van der Waals surface area contributed by atoms with Crippen LogP contribution in [0.5, 0.6) is 0 Å². The second-order valence-electron chi connectivity index (χ2n) is 12.0. The fraction of sp³-hybridized carbons (Fsp3) is 0. The number of benzene rings is 6. The van der Waals surface area contributed by atoms with E-state index < -0.39 is 0 Å². The van der Waals surface area contributed by atoms with Crippen LogP contribution in [0.4, 0.5) is 5.95 Å². The first-order valence-corrected chi connectivity index (χ1v) is 16.5. The van der Waals surface area contributed by atoms with Crippen molar-refractivity contribution >= 4 is 46.1 Å². The van der Waals surface area contributed by atoms with Gasteiger partial charge >= 0.3 is 21.1 Å². The summed E-state index contributed by atoms with van der Waals surface area (Å²) in [5, 5.41) is 1.81. The van der Waals surface area contributed by atoms with E-state index in [1.54, 1.807) is 0 Å². The monoisotopic (exact) mass is 834 g/mol. The summed E-state index contributed by atoms with van der Waals surface area (Å²) in [7, 11) is 0. The minimum atomic E-state index is 0. The molecule has 0 saturated heterocycles. The Balaban J connectivity index is 0.00000374. The van der Waals surface area contributed by atoms with Gasteiger partial charge in [-0.15, -0.1) is 59.3 Å². The molecule has 6 heteroatoms. The third-order valence-electron chi connectivity index (χ3n) is 8.82. The van der Waals surface area contributed by atoms with Crippen LogP contribution in [0.1, 0.15) is 17.2 Å². The number of para-hydroxylation sites is 2. The van der Waals surface area contributed by atoms with Crippen molar-refractivity contribution in [2.75, 3.05) is 0 Å². The molecule has 0 unspecified atom stereocenters. The molecular formula is C45H29N5Pt. The Hall–Kier alpha value is -6.16. The maximum Gasteiger partial charge on any atom is 2.00 e. The van der Waals surface area contributed by atoms with Crippen molar-refractivity contribution in [2.24, 2.45) is 4.99 Å². The van der Waals surface area contributed by atoms with E-state index in [1.807, 2.05) is 66.9 Å². The van der Waals surface area contributed by atoms with Gasteiger partial charge in [0, 0.05) is 23.3 Å². The molecule has 2 aliphatic heterocycles. The smallest absolute Gasteiger partial charge is 0.313 e. The molecule has 9 rings (SSSR count). The number of nitrogens with zero attached hydrogens (tertiary/aromatic N) is 5. The van der Waals surface area contributed by atoms with E-state index >= 15 is 0 Å². The van der Waals surface area contributed by atoms with E-state index in [4.69, 9.17) is 15.0 Å². The van der Waals surface area contributed by atoms with Crippen LogP contribution in [-0.4, -0.2) is 25.3 Å². The van der Waals surface area contributed by atoms with Crippen LogP contribution in [0.25, 0.3) is 67.6 Å². The molecule has 2 aliphatic rings.